The van der Waals surface area contributed by atoms with Gasteiger partial charge in [0.25, 0.3) is 0 Å². The number of ether oxygens (including phenoxy) is 1. The fraction of sp³-hybridized carbons (Fsp3) is 0.211. The number of sulfonamides is 1. The van der Waals surface area contributed by atoms with E-state index in [0.717, 1.165) is 4.31 Å². The van der Waals surface area contributed by atoms with E-state index in [1.807, 2.05) is 0 Å². The van der Waals surface area contributed by atoms with E-state index in [-0.39, 0.29) is 29.3 Å². The normalized spacial score (nSPS) is 11.3. The zero-order valence-electron chi connectivity index (χ0n) is 16.8. The van der Waals surface area contributed by atoms with Gasteiger partial charge in [-0.3, -0.25) is 4.79 Å². The molecule has 0 bridgehead atoms. The van der Waals surface area contributed by atoms with Gasteiger partial charge in [-0.2, -0.15) is 0 Å². The molecule has 0 unspecified atom stereocenters. The molecule has 0 spiro atoms. The molecule has 2 aromatic carbocycles. The molecule has 3 aromatic rings. The molecule has 11 nitrogen and oxygen atoms in total. The Kier molecular flexibility index (Phi) is 6.72. The first-order valence-corrected chi connectivity index (χ1v) is 10.5. The van der Waals surface area contributed by atoms with Gasteiger partial charge >= 0.3 is 5.97 Å². The number of tetrazole rings is 1. The maximum absolute atomic E-state index is 12.6. The van der Waals surface area contributed by atoms with Crippen LogP contribution in [0.25, 0.3) is 0 Å². The van der Waals surface area contributed by atoms with Crippen molar-refractivity contribution in [2.24, 2.45) is 0 Å². The second-order valence-corrected chi connectivity index (χ2v) is 8.76. The van der Waals surface area contributed by atoms with Crippen LogP contribution < -0.4 is 5.32 Å². The molecule has 0 fully saturated rings. The molecule has 3 rings (SSSR count). The highest BCUT2D eigenvalue weighted by atomic mass is 32.2. The average molecular weight is 444 g/mol. The molecule has 12 heteroatoms. The number of benzene rings is 2. The number of anilines is 1. The van der Waals surface area contributed by atoms with Crippen molar-refractivity contribution in [2.45, 2.75) is 18.0 Å². The summed E-state index contributed by atoms with van der Waals surface area (Å²) in [5, 5.41) is 13.1. The average Bonchev–Trinajstić information content (AvgIpc) is 3.25. The lowest BCUT2D eigenvalue weighted by atomic mass is 10.1. The third-order valence-electron chi connectivity index (χ3n) is 4.17. The molecular formula is C19H20N6O5S. The van der Waals surface area contributed by atoms with Gasteiger partial charge < -0.3 is 10.1 Å². The summed E-state index contributed by atoms with van der Waals surface area (Å²) in [6, 6.07) is 12.5. The molecule has 0 aliphatic rings. The van der Waals surface area contributed by atoms with Gasteiger partial charge in [-0.05, 0) is 40.3 Å². The molecule has 0 saturated carbocycles. The fourth-order valence-corrected chi connectivity index (χ4v) is 3.57. The number of nitrogens with zero attached hydrogens (tertiary/aromatic N) is 5. The number of para-hydroxylation sites is 1. The number of nitrogens with one attached hydrogen (secondary N) is 1. The highest BCUT2D eigenvalue weighted by molar-refractivity contribution is 7.89. The van der Waals surface area contributed by atoms with E-state index in [2.05, 4.69) is 20.8 Å². The Morgan fingerprint density at radius 3 is 2.61 bits per heavy atom. The maximum atomic E-state index is 12.6. The van der Waals surface area contributed by atoms with Crippen molar-refractivity contribution < 1.29 is 22.7 Å². The van der Waals surface area contributed by atoms with Crippen molar-refractivity contribution in [1.82, 2.24) is 24.5 Å². The van der Waals surface area contributed by atoms with Crippen LogP contribution in [0.3, 0.4) is 0 Å². The van der Waals surface area contributed by atoms with Crippen molar-refractivity contribution in [2.75, 3.05) is 19.4 Å². The molecule has 31 heavy (non-hydrogen) atoms. The minimum Gasteiger partial charge on any atom is -0.457 e. The molecule has 162 valence electrons. The van der Waals surface area contributed by atoms with Crippen molar-refractivity contribution >= 4 is 27.6 Å². The van der Waals surface area contributed by atoms with Crippen molar-refractivity contribution in [3.63, 3.8) is 0 Å². The molecule has 0 radical (unpaired) electrons. The maximum Gasteiger partial charge on any atom is 0.340 e. The van der Waals surface area contributed by atoms with Gasteiger partial charge in [-0.15, -0.1) is 5.10 Å². The second-order valence-electron chi connectivity index (χ2n) is 6.61. The molecule has 1 N–H and O–H groups in total. The lowest BCUT2D eigenvalue weighted by molar-refractivity contribution is -0.116. The summed E-state index contributed by atoms with van der Waals surface area (Å²) in [7, 11) is -0.728. The molecule has 0 aliphatic heterocycles. The van der Waals surface area contributed by atoms with Gasteiger partial charge in [-0.1, -0.05) is 24.3 Å². The number of esters is 1. The predicted molar refractivity (Wildman–Crippen MR) is 109 cm³/mol. The van der Waals surface area contributed by atoms with E-state index < -0.39 is 21.9 Å². The van der Waals surface area contributed by atoms with E-state index >= 15 is 0 Å². The van der Waals surface area contributed by atoms with Gasteiger partial charge in [0.1, 0.15) is 19.5 Å². The number of rotatable bonds is 8. The number of carbonyl (C=O) groups is 2. The van der Waals surface area contributed by atoms with Crippen LogP contribution in [-0.4, -0.2) is 58.9 Å². The molecule has 0 saturated heterocycles. The monoisotopic (exact) mass is 444 g/mol. The Morgan fingerprint density at radius 1 is 1.13 bits per heavy atom. The number of aromatic nitrogens is 4. The number of carbonyl (C=O) groups excluding carboxylic acids is 2. The van der Waals surface area contributed by atoms with Gasteiger partial charge in [0.2, 0.25) is 15.9 Å². The molecule has 1 aromatic heterocycles. The highest BCUT2D eigenvalue weighted by Gasteiger charge is 2.18. The minimum atomic E-state index is -3.60. The molecule has 1 amide bonds. The van der Waals surface area contributed by atoms with E-state index in [0.29, 0.717) is 5.56 Å². The summed E-state index contributed by atoms with van der Waals surface area (Å²) < 4.78 is 32.2. The third kappa shape index (κ3) is 5.49. The summed E-state index contributed by atoms with van der Waals surface area (Å²) in [6.45, 7) is -0.258. The summed E-state index contributed by atoms with van der Waals surface area (Å²) in [5.74, 6) is -1.09. The van der Waals surface area contributed by atoms with Crippen molar-refractivity contribution in [3.05, 3.63) is 66.0 Å². The topological polar surface area (TPSA) is 136 Å². The Labute approximate surface area is 178 Å². The fourth-order valence-electron chi connectivity index (χ4n) is 2.59. The van der Waals surface area contributed by atoms with Crippen molar-refractivity contribution in [3.8, 4) is 0 Å². The minimum absolute atomic E-state index is 0.0984. The van der Waals surface area contributed by atoms with Crippen LogP contribution in [0.5, 0.6) is 0 Å². The zero-order valence-corrected chi connectivity index (χ0v) is 17.6. The lowest BCUT2D eigenvalue weighted by Gasteiger charge is -2.13. The van der Waals surface area contributed by atoms with E-state index in [4.69, 9.17) is 4.74 Å². The Morgan fingerprint density at radius 2 is 1.90 bits per heavy atom. The largest absolute Gasteiger partial charge is 0.457 e. The quantitative estimate of drug-likeness (QED) is 0.507. The first-order valence-electron chi connectivity index (χ1n) is 9.05. The third-order valence-corrected chi connectivity index (χ3v) is 5.98. The number of hydrogen-bond acceptors (Lipinski definition) is 8. The van der Waals surface area contributed by atoms with Gasteiger partial charge in [0.15, 0.2) is 0 Å². The Hall–Kier alpha value is -3.64. The standard InChI is InChI=1S/C19H20N6O5S/c1-24(2)31(28,29)15-7-5-6-14(10-15)12-30-19(27)16-8-3-4-9-17(16)21-18(26)11-25-13-20-22-23-25/h3-10,13H,11-12H2,1-2H3,(H,21,26). The lowest BCUT2D eigenvalue weighted by Crippen LogP contribution is -2.22. The molecule has 0 atom stereocenters. The van der Waals surface area contributed by atoms with Crippen LogP contribution >= 0.6 is 0 Å². The summed E-state index contributed by atoms with van der Waals surface area (Å²) in [6.07, 6.45) is 1.30. The number of hydrogen-bond donors (Lipinski definition) is 1. The molecule has 1 heterocycles. The van der Waals surface area contributed by atoms with E-state index in [1.54, 1.807) is 30.3 Å². The Balaban J connectivity index is 1.68. The van der Waals surface area contributed by atoms with Crippen molar-refractivity contribution in [1.29, 1.82) is 0 Å². The Bertz CT molecular complexity index is 1180. The van der Waals surface area contributed by atoms with Crippen LogP contribution in [0.4, 0.5) is 5.69 Å². The van der Waals surface area contributed by atoms with Crippen LogP contribution in [0.2, 0.25) is 0 Å². The SMILES string of the molecule is CN(C)S(=O)(=O)c1cccc(COC(=O)c2ccccc2NC(=O)Cn2cnnn2)c1. The van der Waals surface area contributed by atoms with E-state index in [9.17, 15) is 18.0 Å². The van der Waals surface area contributed by atoms with Gasteiger partial charge in [0.05, 0.1) is 16.1 Å². The first kappa shape index (κ1) is 22.1. The molecular weight excluding hydrogens is 424 g/mol. The van der Waals surface area contributed by atoms with Gasteiger partial charge in [-0.25, -0.2) is 22.2 Å². The summed E-state index contributed by atoms with van der Waals surface area (Å²) in [4.78, 5) is 24.9. The molecule has 0 aliphatic carbocycles. The second kappa shape index (κ2) is 9.45. The van der Waals surface area contributed by atoms with Gasteiger partial charge in [0, 0.05) is 14.1 Å². The van der Waals surface area contributed by atoms with Crippen LogP contribution in [0.1, 0.15) is 15.9 Å². The predicted octanol–water partition coefficient (Wildman–Crippen LogP) is 0.919. The van der Waals surface area contributed by atoms with Crippen LogP contribution in [0, 0.1) is 0 Å². The van der Waals surface area contributed by atoms with Crippen LogP contribution in [-0.2, 0) is 32.7 Å². The summed E-state index contributed by atoms with van der Waals surface area (Å²) in [5.41, 5.74) is 0.940. The van der Waals surface area contributed by atoms with E-state index in [1.165, 1.54) is 43.3 Å². The summed E-state index contributed by atoms with van der Waals surface area (Å²) >= 11 is 0. The number of amides is 1. The zero-order chi connectivity index (χ0) is 22.4. The first-order chi connectivity index (χ1) is 14.8. The smallest absolute Gasteiger partial charge is 0.340 e. The highest BCUT2D eigenvalue weighted by Crippen LogP contribution is 2.19. The van der Waals surface area contributed by atoms with Crippen LogP contribution in [0.15, 0.2) is 59.8 Å².